The van der Waals surface area contributed by atoms with E-state index in [2.05, 4.69) is 23.2 Å². The SMILES string of the molecule is O=C(O)c1ccc([O-])c(N2C(=O)c3cccc4cccc(c34)C2=O)c1.c1ccc2[nH+]cccc2c1. The molecule has 7 heteroatoms. The monoisotopic (exact) mass is 462 g/mol. The third-order valence-corrected chi connectivity index (χ3v) is 5.79. The summed E-state index contributed by atoms with van der Waals surface area (Å²) in [5.41, 5.74) is 1.35. The van der Waals surface area contributed by atoms with Crippen LogP contribution in [-0.2, 0) is 0 Å². The van der Waals surface area contributed by atoms with Crippen molar-refractivity contribution in [1.29, 1.82) is 0 Å². The Balaban J connectivity index is 0.000000211. The lowest BCUT2D eigenvalue weighted by Gasteiger charge is -2.30. The number of carboxylic acids is 1. The van der Waals surface area contributed by atoms with Crippen LogP contribution < -0.4 is 15.0 Å². The Bertz CT molecular complexity index is 1530. The third kappa shape index (κ3) is 3.85. The largest absolute Gasteiger partial charge is 0.871 e. The van der Waals surface area contributed by atoms with Gasteiger partial charge in [0.25, 0.3) is 11.8 Å². The number of carbonyl (C=O) groups excluding carboxylic acids is 2. The van der Waals surface area contributed by atoms with Gasteiger partial charge in [0.2, 0.25) is 5.52 Å². The van der Waals surface area contributed by atoms with Gasteiger partial charge in [-0.2, -0.15) is 0 Å². The summed E-state index contributed by atoms with van der Waals surface area (Å²) in [4.78, 5) is 40.8. The molecule has 1 aliphatic rings. The van der Waals surface area contributed by atoms with Gasteiger partial charge in [-0.15, -0.1) is 0 Å². The molecule has 1 aromatic heterocycles. The Morgan fingerprint density at radius 3 is 2.06 bits per heavy atom. The van der Waals surface area contributed by atoms with Crippen molar-refractivity contribution in [3.8, 4) is 5.75 Å². The number of carbonyl (C=O) groups is 3. The van der Waals surface area contributed by atoms with Crippen molar-refractivity contribution in [3.63, 3.8) is 0 Å². The van der Waals surface area contributed by atoms with Crippen LogP contribution in [0.2, 0.25) is 0 Å². The number of aromatic nitrogens is 1. The highest BCUT2D eigenvalue weighted by Gasteiger charge is 2.34. The van der Waals surface area contributed by atoms with Crippen LogP contribution >= 0.6 is 0 Å². The smallest absolute Gasteiger partial charge is 0.335 e. The molecule has 0 aliphatic carbocycles. The van der Waals surface area contributed by atoms with Gasteiger partial charge >= 0.3 is 5.97 Å². The fraction of sp³-hybridized carbons (Fsp3) is 0. The first-order valence-electron chi connectivity index (χ1n) is 10.8. The lowest BCUT2D eigenvalue weighted by molar-refractivity contribution is -0.344. The number of hydrogen-bond acceptors (Lipinski definition) is 4. The molecule has 2 N–H and O–H groups in total. The van der Waals surface area contributed by atoms with E-state index < -0.39 is 23.5 Å². The topological polar surface area (TPSA) is 112 Å². The maximum atomic E-state index is 12.9. The molecule has 5 aromatic rings. The van der Waals surface area contributed by atoms with Crippen molar-refractivity contribution in [3.05, 3.63) is 114 Å². The van der Waals surface area contributed by atoms with Gasteiger partial charge in [0.15, 0.2) is 6.20 Å². The van der Waals surface area contributed by atoms with Crippen molar-refractivity contribution in [2.75, 3.05) is 4.90 Å². The van der Waals surface area contributed by atoms with E-state index in [0.29, 0.717) is 16.5 Å². The van der Waals surface area contributed by atoms with Crippen molar-refractivity contribution in [2.45, 2.75) is 0 Å². The van der Waals surface area contributed by atoms with Crippen molar-refractivity contribution in [1.82, 2.24) is 0 Å². The number of nitrogens with zero attached hydrogens (tertiary/aromatic N) is 1. The molecule has 0 fully saturated rings. The van der Waals surface area contributed by atoms with Crippen molar-refractivity contribution in [2.24, 2.45) is 0 Å². The van der Waals surface area contributed by atoms with Crippen LogP contribution in [0.4, 0.5) is 5.69 Å². The fourth-order valence-electron chi connectivity index (χ4n) is 4.14. The molecular formula is C28H18N2O5. The van der Waals surface area contributed by atoms with Gasteiger partial charge in [0, 0.05) is 39.7 Å². The Morgan fingerprint density at radius 1 is 0.771 bits per heavy atom. The van der Waals surface area contributed by atoms with Crippen molar-refractivity contribution < 1.29 is 29.6 Å². The van der Waals surface area contributed by atoms with Crippen molar-refractivity contribution >= 4 is 45.1 Å². The summed E-state index contributed by atoms with van der Waals surface area (Å²) in [6, 6.07) is 25.7. The summed E-state index contributed by atoms with van der Waals surface area (Å²) in [7, 11) is 0. The number of aromatic amines is 1. The lowest BCUT2D eigenvalue weighted by Crippen LogP contribution is -2.41. The average molecular weight is 462 g/mol. The molecule has 0 spiro atoms. The van der Waals surface area contributed by atoms with E-state index in [-0.39, 0.29) is 11.3 Å². The summed E-state index contributed by atoms with van der Waals surface area (Å²) in [6.45, 7) is 0. The van der Waals surface area contributed by atoms with E-state index in [4.69, 9.17) is 5.11 Å². The molecule has 1 aliphatic heterocycles. The molecule has 0 atom stereocenters. The minimum Gasteiger partial charge on any atom is -0.871 e. The molecule has 6 rings (SSSR count). The molecule has 0 bridgehead atoms. The van der Waals surface area contributed by atoms with E-state index in [1.54, 1.807) is 36.4 Å². The van der Waals surface area contributed by atoms with E-state index in [1.165, 1.54) is 10.9 Å². The third-order valence-electron chi connectivity index (χ3n) is 5.79. The number of pyridine rings is 1. The highest BCUT2D eigenvalue weighted by molar-refractivity contribution is 6.36. The molecule has 4 aromatic carbocycles. The lowest BCUT2D eigenvalue weighted by atomic mass is 9.93. The van der Waals surface area contributed by atoms with Gasteiger partial charge in [0.05, 0.1) is 5.56 Å². The van der Waals surface area contributed by atoms with Crippen LogP contribution in [0, 0.1) is 0 Å². The molecular weight excluding hydrogens is 444 g/mol. The number of aromatic carboxylic acids is 1. The molecule has 170 valence electrons. The first-order chi connectivity index (χ1) is 17.0. The summed E-state index contributed by atoms with van der Waals surface area (Å²) < 4.78 is 0. The van der Waals surface area contributed by atoms with Crippen LogP contribution in [-0.4, -0.2) is 22.9 Å². The van der Waals surface area contributed by atoms with Crippen LogP contribution in [0.15, 0.2) is 97.2 Å². The van der Waals surface area contributed by atoms with Crippen LogP contribution in [0.5, 0.6) is 5.75 Å². The number of benzene rings is 4. The second-order valence-corrected chi connectivity index (χ2v) is 7.90. The average Bonchev–Trinajstić information content (AvgIpc) is 2.88. The van der Waals surface area contributed by atoms with E-state index in [1.807, 2.05) is 24.4 Å². The normalized spacial score (nSPS) is 12.4. The quantitative estimate of drug-likeness (QED) is 0.398. The first kappa shape index (κ1) is 21.8. The number of amides is 2. The molecule has 0 radical (unpaired) electrons. The number of fused-ring (bicyclic) bond motifs is 1. The molecule has 35 heavy (non-hydrogen) atoms. The summed E-state index contributed by atoms with van der Waals surface area (Å²) >= 11 is 0. The molecule has 0 saturated heterocycles. The minimum atomic E-state index is -1.25. The number of imide groups is 1. The summed E-state index contributed by atoms with van der Waals surface area (Å²) in [5.74, 6) is -3.14. The maximum absolute atomic E-state index is 12.9. The molecule has 0 saturated carbocycles. The van der Waals surface area contributed by atoms with Gasteiger partial charge in [-0.1, -0.05) is 48.2 Å². The fourth-order valence-corrected chi connectivity index (χ4v) is 4.14. The highest BCUT2D eigenvalue weighted by Crippen LogP contribution is 2.35. The number of carboxylic acid groups (broad SMARTS) is 1. The number of para-hydroxylation sites is 1. The number of anilines is 1. The van der Waals surface area contributed by atoms with E-state index in [9.17, 15) is 19.5 Å². The number of hydrogen-bond donors (Lipinski definition) is 1. The maximum Gasteiger partial charge on any atom is 0.335 e. The minimum absolute atomic E-state index is 0.174. The highest BCUT2D eigenvalue weighted by atomic mass is 16.4. The van der Waals surface area contributed by atoms with E-state index >= 15 is 0 Å². The Kier molecular flexibility index (Phi) is 5.43. The Hall–Kier alpha value is -5.04. The zero-order valence-electron chi connectivity index (χ0n) is 18.3. The second kappa shape index (κ2) is 8.72. The van der Waals surface area contributed by atoms with Gasteiger partial charge in [-0.3, -0.25) is 9.59 Å². The molecule has 2 amide bonds. The number of nitrogens with one attached hydrogen (secondary N) is 1. The first-order valence-corrected chi connectivity index (χ1v) is 10.8. The second-order valence-electron chi connectivity index (χ2n) is 7.90. The molecule has 2 heterocycles. The van der Waals surface area contributed by atoms with Gasteiger partial charge < -0.3 is 10.2 Å². The van der Waals surface area contributed by atoms with E-state index in [0.717, 1.165) is 28.5 Å². The number of rotatable bonds is 2. The van der Waals surface area contributed by atoms with Crippen LogP contribution in [0.3, 0.4) is 0 Å². The Morgan fingerprint density at radius 2 is 1.40 bits per heavy atom. The predicted octanol–water partition coefficient (Wildman–Crippen LogP) is 4.07. The van der Waals surface area contributed by atoms with Gasteiger partial charge in [-0.25, -0.2) is 14.7 Å². The standard InChI is InChI=1S/C19H11NO5.C9H7N/c21-15-8-7-11(19(24)25)9-14(15)20-17(22)12-5-1-3-10-4-2-6-13(16(10)12)18(20)23;1-2-6-9-8(4-1)5-3-7-10-9/h1-9,21H,(H,24,25);1-7H. The zero-order chi connectivity index (χ0) is 24.5. The number of H-pyrrole nitrogens is 1. The molecule has 0 unspecified atom stereocenters. The van der Waals surface area contributed by atoms with Crippen LogP contribution in [0.25, 0.3) is 21.7 Å². The van der Waals surface area contributed by atoms with Crippen LogP contribution in [0.1, 0.15) is 31.1 Å². The Labute approximate surface area is 199 Å². The zero-order valence-corrected chi connectivity index (χ0v) is 18.3. The predicted molar refractivity (Wildman–Crippen MR) is 128 cm³/mol. The van der Waals surface area contributed by atoms with Gasteiger partial charge in [0.1, 0.15) is 0 Å². The summed E-state index contributed by atoms with van der Waals surface area (Å²) in [5, 5.41) is 23.9. The van der Waals surface area contributed by atoms with Gasteiger partial charge in [-0.05, 0) is 41.8 Å². The molecule has 7 nitrogen and oxygen atoms in total. The summed E-state index contributed by atoms with van der Waals surface area (Å²) in [6.07, 6.45) is 1.93.